The van der Waals surface area contributed by atoms with Gasteiger partial charge in [0.2, 0.25) is 11.8 Å². The van der Waals surface area contributed by atoms with Gasteiger partial charge in [0.05, 0.1) is 6.04 Å². The molecule has 2 aromatic carbocycles. The zero-order chi connectivity index (χ0) is 22.9. The van der Waals surface area contributed by atoms with Gasteiger partial charge in [-0.1, -0.05) is 63.2 Å². The maximum atomic E-state index is 12.0. The van der Waals surface area contributed by atoms with E-state index in [0.29, 0.717) is 12.3 Å². The highest BCUT2D eigenvalue weighted by Crippen LogP contribution is 2.30. The van der Waals surface area contributed by atoms with Gasteiger partial charge in [-0.25, -0.2) is 0 Å². The van der Waals surface area contributed by atoms with Crippen LogP contribution < -0.4 is 10.6 Å². The summed E-state index contributed by atoms with van der Waals surface area (Å²) in [5.41, 5.74) is 3.37. The molecule has 1 heterocycles. The van der Waals surface area contributed by atoms with Gasteiger partial charge < -0.3 is 15.5 Å². The van der Waals surface area contributed by atoms with E-state index >= 15 is 0 Å². The molecule has 0 unspecified atom stereocenters. The molecule has 5 nitrogen and oxygen atoms in total. The van der Waals surface area contributed by atoms with Crippen LogP contribution in [-0.4, -0.2) is 36.3 Å². The molecule has 32 heavy (non-hydrogen) atoms. The molecule has 5 heteroatoms. The largest absolute Gasteiger partial charge is 0.349 e. The second-order valence-electron chi connectivity index (χ2n) is 9.06. The Hall–Kier alpha value is -2.66. The number of hydrogen-bond acceptors (Lipinski definition) is 3. The van der Waals surface area contributed by atoms with Crippen LogP contribution in [-0.2, 0) is 9.59 Å². The number of anilines is 1. The van der Waals surface area contributed by atoms with E-state index in [2.05, 4.69) is 39.8 Å². The van der Waals surface area contributed by atoms with Gasteiger partial charge in [-0.15, -0.1) is 0 Å². The molecule has 0 aromatic heterocycles. The van der Waals surface area contributed by atoms with Crippen LogP contribution in [0.4, 0.5) is 5.69 Å². The molecular weight excluding hydrogens is 398 g/mol. The van der Waals surface area contributed by atoms with Crippen molar-refractivity contribution in [2.45, 2.75) is 58.4 Å². The minimum absolute atomic E-state index is 0.0243. The monoisotopic (exact) mass is 435 g/mol. The summed E-state index contributed by atoms with van der Waals surface area (Å²) in [5.74, 6) is 0.651. The SMILES string of the molecule is CCC(=O)N[C@@H](CCN1CCC(c2cccc(NC(=O)C(C)C)c2)CC1)c1ccccc1. The molecular formula is C27H37N3O2. The molecule has 2 amide bonds. The summed E-state index contributed by atoms with van der Waals surface area (Å²) in [6.45, 7) is 8.79. The number of carbonyl (C=O) groups is 2. The van der Waals surface area contributed by atoms with Crippen molar-refractivity contribution in [1.82, 2.24) is 10.2 Å². The Morgan fingerprint density at radius 1 is 1.03 bits per heavy atom. The highest BCUT2D eigenvalue weighted by Gasteiger charge is 2.22. The van der Waals surface area contributed by atoms with Gasteiger partial charge in [-0.05, 0) is 61.5 Å². The lowest BCUT2D eigenvalue weighted by atomic mass is 9.89. The van der Waals surface area contributed by atoms with Crippen LogP contribution in [0.2, 0.25) is 0 Å². The summed E-state index contributed by atoms with van der Waals surface area (Å²) in [6.07, 6.45) is 3.64. The molecule has 0 radical (unpaired) electrons. The van der Waals surface area contributed by atoms with Gasteiger partial charge in [0, 0.05) is 24.6 Å². The maximum Gasteiger partial charge on any atom is 0.226 e. The minimum atomic E-state index is -0.0243. The molecule has 2 N–H and O–H groups in total. The fourth-order valence-corrected chi connectivity index (χ4v) is 4.26. The molecule has 0 aliphatic carbocycles. The van der Waals surface area contributed by atoms with Crippen molar-refractivity contribution < 1.29 is 9.59 Å². The number of hydrogen-bond donors (Lipinski definition) is 2. The van der Waals surface area contributed by atoms with Crippen LogP contribution in [0.3, 0.4) is 0 Å². The predicted octanol–water partition coefficient (Wildman–Crippen LogP) is 5.12. The Bertz CT molecular complexity index is 873. The van der Waals surface area contributed by atoms with Crippen molar-refractivity contribution in [1.29, 1.82) is 0 Å². The van der Waals surface area contributed by atoms with Crippen LogP contribution in [0.15, 0.2) is 54.6 Å². The summed E-state index contributed by atoms with van der Waals surface area (Å²) in [7, 11) is 0. The van der Waals surface area contributed by atoms with Crippen molar-refractivity contribution in [3.05, 3.63) is 65.7 Å². The van der Waals surface area contributed by atoms with Crippen molar-refractivity contribution in [2.24, 2.45) is 5.92 Å². The fourth-order valence-electron chi connectivity index (χ4n) is 4.26. The van der Waals surface area contributed by atoms with Crippen LogP contribution in [0.5, 0.6) is 0 Å². The number of carbonyl (C=O) groups excluding carboxylic acids is 2. The highest BCUT2D eigenvalue weighted by atomic mass is 16.2. The molecule has 1 aliphatic rings. The minimum Gasteiger partial charge on any atom is -0.349 e. The topological polar surface area (TPSA) is 61.4 Å². The summed E-state index contributed by atoms with van der Waals surface area (Å²) < 4.78 is 0. The lowest BCUT2D eigenvalue weighted by molar-refractivity contribution is -0.121. The zero-order valence-corrected chi connectivity index (χ0v) is 19.6. The number of likely N-dealkylation sites (tertiary alicyclic amines) is 1. The molecule has 3 rings (SSSR count). The van der Waals surface area contributed by atoms with E-state index in [0.717, 1.165) is 44.6 Å². The molecule has 172 valence electrons. The van der Waals surface area contributed by atoms with E-state index in [1.807, 2.05) is 51.1 Å². The normalized spacial score (nSPS) is 16.0. The molecule has 0 bridgehead atoms. The number of nitrogens with zero attached hydrogens (tertiary/aromatic N) is 1. The van der Waals surface area contributed by atoms with Crippen molar-refractivity contribution in [3.8, 4) is 0 Å². The molecule has 1 saturated heterocycles. The van der Waals surface area contributed by atoms with E-state index in [1.165, 1.54) is 11.1 Å². The first-order valence-electron chi connectivity index (χ1n) is 11.9. The van der Waals surface area contributed by atoms with Gasteiger partial charge in [-0.2, -0.15) is 0 Å². The second kappa shape index (κ2) is 11.8. The number of piperidine rings is 1. The lowest BCUT2D eigenvalue weighted by Gasteiger charge is -2.33. The first kappa shape index (κ1) is 24.0. The Morgan fingerprint density at radius 2 is 1.75 bits per heavy atom. The summed E-state index contributed by atoms with van der Waals surface area (Å²) >= 11 is 0. The Labute approximate surface area is 192 Å². The Balaban J connectivity index is 1.53. The smallest absolute Gasteiger partial charge is 0.226 e. The van der Waals surface area contributed by atoms with Crippen LogP contribution >= 0.6 is 0 Å². The standard InChI is InChI=1S/C27H37N3O2/c1-4-26(31)29-25(22-9-6-5-7-10-22)15-18-30-16-13-21(14-17-30)23-11-8-12-24(19-23)28-27(32)20(2)3/h5-12,19-21,25H,4,13-18H2,1-3H3,(H,28,32)(H,29,31)/t25-/m0/s1. The van der Waals surface area contributed by atoms with Crippen molar-refractivity contribution in [2.75, 3.05) is 25.0 Å². The number of amides is 2. The van der Waals surface area contributed by atoms with E-state index < -0.39 is 0 Å². The van der Waals surface area contributed by atoms with Crippen LogP contribution in [0.25, 0.3) is 0 Å². The molecule has 0 saturated carbocycles. The Kier molecular flexibility index (Phi) is 8.86. The van der Waals surface area contributed by atoms with Gasteiger partial charge >= 0.3 is 0 Å². The van der Waals surface area contributed by atoms with Crippen LogP contribution in [0.1, 0.15) is 69.5 Å². The number of nitrogens with one attached hydrogen (secondary N) is 2. The van der Waals surface area contributed by atoms with E-state index in [-0.39, 0.29) is 23.8 Å². The summed E-state index contributed by atoms with van der Waals surface area (Å²) in [5, 5.41) is 6.20. The third-order valence-corrected chi connectivity index (χ3v) is 6.33. The van der Waals surface area contributed by atoms with E-state index in [9.17, 15) is 9.59 Å². The molecule has 1 atom stereocenters. The van der Waals surface area contributed by atoms with E-state index in [4.69, 9.17) is 0 Å². The summed E-state index contributed by atoms with van der Waals surface area (Å²) in [4.78, 5) is 26.6. The molecule has 0 spiro atoms. The molecule has 1 fully saturated rings. The average molecular weight is 436 g/mol. The first-order chi connectivity index (χ1) is 15.5. The summed E-state index contributed by atoms with van der Waals surface area (Å²) in [6, 6.07) is 18.6. The quantitative estimate of drug-likeness (QED) is 0.575. The van der Waals surface area contributed by atoms with Crippen molar-refractivity contribution in [3.63, 3.8) is 0 Å². The fraction of sp³-hybridized carbons (Fsp3) is 0.481. The number of rotatable bonds is 9. The van der Waals surface area contributed by atoms with Crippen molar-refractivity contribution >= 4 is 17.5 Å². The molecule has 1 aliphatic heterocycles. The highest BCUT2D eigenvalue weighted by molar-refractivity contribution is 5.92. The maximum absolute atomic E-state index is 12.0. The second-order valence-corrected chi connectivity index (χ2v) is 9.06. The third kappa shape index (κ3) is 6.92. The van der Waals surface area contributed by atoms with Crippen LogP contribution in [0, 0.1) is 5.92 Å². The van der Waals surface area contributed by atoms with Gasteiger partial charge in [0.25, 0.3) is 0 Å². The average Bonchev–Trinajstić information content (AvgIpc) is 2.82. The first-order valence-corrected chi connectivity index (χ1v) is 11.9. The number of benzene rings is 2. The van der Waals surface area contributed by atoms with E-state index in [1.54, 1.807) is 0 Å². The lowest BCUT2D eigenvalue weighted by Crippen LogP contribution is -2.36. The molecule has 2 aromatic rings. The van der Waals surface area contributed by atoms with Gasteiger partial charge in [0.15, 0.2) is 0 Å². The predicted molar refractivity (Wildman–Crippen MR) is 131 cm³/mol. The van der Waals surface area contributed by atoms with Gasteiger partial charge in [-0.3, -0.25) is 9.59 Å². The van der Waals surface area contributed by atoms with Gasteiger partial charge in [0.1, 0.15) is 0 Å². The third-order valence-electron chi connectivity index (χ3n) is 6.33. The Morgan fingerprint density at radius 3 is 2.41 bits per heavy atom. The zero-order valence-electron chi connectivity index (χ0n) is 19.6.